The number of hydrogen-bond acceptors (Lipinski definition) is 4. The lowest BCUT2D eigenvalue weighted by molar-refractivity contribution is -0.0471. The minimum atomic E-state index is -0.827. The molecule has 5 nitrogen and oxygen atoms in total. The van der Waals surface area contributed by atoms with Gasteiger partial charge in [-0.3, -0.25) is 14.7 Å². The molecule has 1 aliphatic heterocycles. The Morgan fingerprint density at radius 3 is 2.80 bits per heavy atom. The fourth-order valence-corrected chi connectivity index (χ4v) is 4.43. The molecule has 0 N–H and O–H groups in total. The molecule has 2 aromatic rings. The molecule has 30 heavy (non-hydrogen) atoms. The maximum Gasteiger partial charge on any atom is 0.255 e. The summed E-state index contributed by atoms with van der Waals surface area (Å²) in [5, 5.41) is 0. The number of aromatic nitrogens is 1. The van der Waals surface area contributed by atoms with Crippen LogP contribution in [0.5, 0.6) is 0 Å². The molecule has 1 aliphatic carbocycles. The number of morpholine rings is 1. The molecule has 1 aromatic heterocycles. The standard InChI is InChI=1S/C23H27F2N3O2/c24-21-9-3-5-18(22(21)25)14-27-11-12-30-20(15-27)16-28(19-7-1-2-8-19)23(29)17-6-4-10-26-13-17/h3-6,9-10,13,19-20H,1-2,7-8,11-12,14-16H2. The molecular weight excluding hydrogens is 388 g/mol. The number of ether oxygens (including phenoxy) is 1. The second kappa shape index (κ2) is 9.62. The molecule has 0 radical (unpaired) electrons. The molecule has 160 valence electrons. The zero-order valence-electron chi connectivity index (χ0n) is 17.0. The van der Waals surface area contributed by atoms with Gasteiger partial charge in [-0.05, 0) is 31.0 Å². The van der Waals surface area contributed by atoms with Crippen LogP contribution in [0.15, 0.2) is 42.7 Å². The van der Waals surface area contributed by atoms with E-state index in [2.05, 4.69) is 9.88 Å². The van der Waals surface area contributed by atoms with Crippen LogP contribution in [0.2, 0.25) is 0 Å². The predicted octanol–water partition coefficient (Wildman–Crippen LogP) is 3.65. The summed E-state index contributed by atoms with van der Waals surface area (Å²) in [6.45, 7) is 2.52. The average molecular weight is 415 g/mol. The Labute approximate surface area is 175 Å². The fraction of sp³-hybridized carbons (Fsp3) is 0.478. The van der Waals surface area contributed by atoms with Gasteiger partial charge < -0.3 is 9.64 Å². The van der Waals surface area contributed by atoms with Gasteiger partial charge in [0.15, 0.2) is 11.6 Å². The highest BCUT2D eigenvalue weighted by molar-refractivity contribution is 5.94. The van der Waals surface area contributed by atoms with Gasteiger partial charge in [-0.2, -0.15) is 0 Å². The van der Waals surface area contributed by atoms with Crippen molar-refractivity contribution in [3.63, 3.8) is 0 Å². The second-order valence-corrected chi connectivity index (χ2v) is 8.08. The van der Waals surface area contributed by atoms with Crippen molar-refractivity contribution in [2.24, 2.45) is 0 Å². The number of nitrogens with zero attached hydrogens (tertiary/aromatic N) is 3. The molecule has 1 aromatic carbocycles. The van der Waals surface area contributed by atoms with Crippen molar-refractivity contribution < 1.29 is 18.3 Å². The normalized spacial score (nSPS) is 20.4. The number of benzene rings is 1. The van der Waals surface area contributed by atoms with Crippen LogP contribution in [-0.4, -0.2) is 59.1 Å². The maximum absolute atomic E-state index is 14.1. The van der Waals surface area contributed by atoms with Crippen LogP contribution < -0.4 is 0 Å². The number of pyridine rings is 1. The number of halogens is 2. The van der Waals surface area contributed by atoms with Gasteiger partial charge >= 0.3 is 0 Å². The fourth-order valence-electron chi connectivity index (χ4n) is 4.43. The summed E-state index contributed by atoms with van der Waals surface area (Å²) < 4.78 is 33.6. The summed E-state index contributed by atoms with van der Waals surface area (Å²) in [4.78, 5) is 21.3. The molecule has 7 heteroatoms. The molecule has 1 saturated carbocycles. The van der Waals surface area contributed by atoms with Crippen LogP contribution in [0.25, 0.3) is 0 Å². The monoisotopic (exact) mass is 415 g/mol. The quantitative estimate of drug-likeness (QED) is 0.723. The smallest absolute Gasteiger partial charge is 0.255 e. The van der Waals surface area contributed by atoms with Crippen LogP contribution in [0.4, 0.5) is 8.78 Å². The lowest BCUT2D eigenvalue weighted by Gasteiger charge is -2.38. The molecule has 1 amide bonds. The van der Waals surface area contributed by atoms with Crippen LogP contribution in [0, 0.1) is 11.6 Å². The number of hydrogen-bond donors (Lipinski definition) is 0. The highest BCUT2D eigenvalue weighted by Gasteiger charge is 2.32. The molecule has 2 aliphatic rings. The third-order valence-corrected chi connectivity index (χ3v) is 5.98. The van der Waals surface area contributed by atoms with Crippen molar-refractivity contribution in [1.29, 1.82) is 0 Å². The van der Waals surface area contributed by atoms with Gasteiger partial charge in [-0.15, -0.1) is 0 Å². The molecule has 2 fully saturated rings. The molecular formula is C23H27F2N3O2. The lowest BCUT2D eigenvalue weighted by Crippen LogP contribution is -2.50. The van der Waals surface area contributed by atoms with Crippen LogP contribution in [0.1, 0.15) is 41.6 Å². The van der Waals surface area contributed by atoms with Crippen molar-refractivity contribution in [3.05, 3.63) is 65.5 Å². The largest absolute Gasteiger partial charge is 0.374 e. The number of carbonyl (C=O) groups is 1. The summed E-state index contributed by atoms with van der Waals surface area (Å²) >= 11 is 0. The summed E-state index contributed by atoms with van der Waals surface area (Å²) in [6, 6.07) is 8.03. The molecule has 0 bridgehead atoms. The Balaban J connectivity index is 1.44. The van der Waals surface area contributed by atoms with Gasteiger partial charge in [0.1, 0.15) is 0 Å². The van der Waals surface area contributed by atoms with E-state index in [1.807, 2.05) is 4.90 Å². The van der Waals surface area contributed by atoms with Gasteiger partial charge in [-0.25, -0.2) is 8.78 Å². The van der Waals surface area contributed by atoms with Crippen molar-refractivity contribution in [1.82, 2.24) is 14.8 Å². The molecule has 1 unspecified atom stereocenters. The Kier molecular flexibility index (Phi) is 6.69. The van der Waals surface area contributed by atoms with Crippen molar-refractivity contribution >= 4 is 5.91 Å². The van der Waals surface area contributed by atoms with Gasteiger partial charge in [-0.1, -0.05) is 25.0 Å². The third-order valence-electron chi connectivity index (χ3n) is 5.98. The summed E-state index contributed by atoms with van der Waals surface area (Å²) in [5.74, 6) is -1.64. The van der Waals surface area contributed by atoms with E-state index in [-0.39, 0.29) is 18.1 Å². The van der Waals surface area contributed by atoms with Gasteiger partial charge in [0, 0.05) is 50.2 Å². The van der Waals surface area contributed by atoms with Crippen molar-refractivity contribution in [3.8, 4) is 0 Å². The summed E-state index contributed by atoms with van der Waals surface area (Å²) in [6.07, 6.45) is 7.33. The van der Waals surface area contributed by atoms with Crippen LogP contribution in [0.3, 0.4) is 0 Å². The van der Waals surface area contributed by atoms with E-state index in [1.165, 1.54) is 6.07 Å². The first-order valence-corrected chi connectivity index (χ1v) is 10.6. The highest BCUT2D eigenvalue weighted by Crippen LogP contribution is 2.26. The van der Waals surface area contributed by atoms with E-state index < -0.39 is 11.6 Å². The van der Waals surface area contributed by atoms with Crippen molar-refractivity contribution in [2.45, 2.75) is 44.4 Å². The lowest BCUT2D eigenvalue weighted by atomic mass is 10.1. The van der Waals surface area contributed by atoms with Gasteiger partial charge in [0.05, 0.1) is 18.3 Å². The average Bonchev–Trinajstić information content (AvgIpc) is 3.30. The van der Waals surface area contributed by atoms with E-state index in [0.29, 0.717) is 43.9 Å². The molecule has 2 heterocycles. The van der Waals surface area contributed by atoms with Crippen LogP contribution in [-0.2, 0) is 11.3 Å². The summed E-state index contributed by atoms with van der Waals surface area (Å²) in [7, 11) is 0. The third kappa shape index (κ3) is 4.84. The topological polar surface area (TPSA) is 45.7 Å². The number of amides is 1. The Hall–Kier alpha value is -2.38. The highest BCUT2D eigenvalue weighted by atomic mass is 19.2. The molecule has 4 rings (SSSR count). The first-order valence-electron chi connectivity index (χ1n) is 10.6. The Morgan fingerprint density at radius 2 is 2.03 bits per heavy atom. The number of carbonyl (C=O) groups excluding carboxylic acids is 1. The predicted molar refractivity (Wildman–Crippen MR) is 109 cm³/mol. The van der Waals surface area contributed by atoms with E-state index >= 15 is 0 Å². The van der Waals surface area contributed by atoms with E-state index in [4.69, 9.17) is 4.74 Å². The Bertz CT molecular complexity index is 859. The summed E-state index contributed by atoms with van der Waals surface area (Å²) in [5.41, 5.74) is 0.925. The zero-order valence-corrected chi connectivity index (χ0v) is 17.0. The molecule has 1 saturated heterocycles. The van der Waals surface area contributed by atoms with E-state index in [0.717, 1.165) is 31.7 Å². The minimum Gasteiger partial charge on any atom is -0.374 e. The van der Waals surface area contributed by atoms with E-state index in [1.54, 1.807) is 30.6 Å². The minimum absolute atomic E-state index is 0.0214. The second-order valence-electron chi connectivity index (χ2n) is 8.08. The number of rotatable bonds is 6. The first kappa shape index (κ1) is 20.9. The molecule has 0 spiro atoms. The van der Waals surface area contributed by atoms with E-state index in [9.17, 15) is 13.6 Å². The van der Waals surface area contributed by atoms with Gasteiger partial charge in [0.2, 0.25) is 0 Å². The molecule has 1 atom stereocenters. The maximum atomic E-state index is 14.1. The first-order chi connectivity index (χ1) is 14.6. The van der Waals surface area contributed by atoms with Crippen molar-refractivity contribution in [2.75, 3.05) is 26.2 Å². The van der Waals surface area contributed by atoms with Gasteiger partial charge in [0.25, 0.3) is 5.91 Å². The van der Waals surface area contributed by atoms with Crippen LogP contribution >= 0.6 is 0 Å². The SMILES string of the molecule is O=C(c1cccnc1)N(CC1CN(Cc2cccc(F)c2F)CCO1)C1CCCC1. The zero-order chi connectivity index (χ0) is 20.9. The Morgan fingerprint density at radius 1 is 1.20 bits per heavy atom.